The minimum Gasteiger partial charge on any atom is -0.367 e. The SMILES string of the molecule is O=C(NCc1ccc(COCC(F)(F)F)cc1)c1cc(Br)ccc1F. The van der Waals surface area contributed by atoms with Crippen molar-refractivity contribution in [3.05, 3.63) is 69.4 Å². The highest BCUT2D eigenvalue weighted by molar-refractivity contribution is 9.10. The minimum atomic E-state index is -4.36. The molecule has 0 saturated carbocycles. The Morgan fingerprint density at radius 1 is 1.08 bits per heavy atom. The molecule has 0 aliphatic heterocycles. The second-order valence-electron chi connectivity index (χ2n) is 5.23. The molecule has 0 heterocycles. The highest BCUT2D eigenvalue weighted by Crippen LogP contribution is 2.17. The maximum Gasteiger partial charge on any atom is 0.411 e. The summed E-state index contributed by atoms with van der Waals surface area (Å²) in [6.07, 6.45) is -4.36. The molecule has 0 aromatic heterocycles. The number of hydrogen-bond acceptors (Lipinski definition) is 2. The van der Waals surface area contributed by atoms with E-state index in [0.29, 0.717) is 10.0 Å². The lowest BCUT2D eigenvalue weighted by atomic mass is 10.1. The largest absolute Gasteiger partial charge is 0.411 e. The first-order valence-electron chi connectivity index (χ1n) is 7.20. The molecule has 1 N–H and O–H groups in total. The number of nitrogens with one attached hydrogen (secondary N) is 1. The Balaban J connectivity index is 1.87. The number of ether oxygens (including phenoxy) is 1. The van der Waals surface area contributed by atoms with Gasteiger partial charge in [0.05, 0.1) is 12.2 Å². The number of carbonyl (C=O) groups is 1. The van der Waals surface area contributed by atoms with E-state index in [-0.39, 0.29) is 18.7 Å². The molecule has 0 aliphatic rings. The highest BCUT2D eigenvalue weighted by atomic mass is 79.9. The molecule has 0 fully saturated rings. The maximum absolute atomic E-state index is 13.6. The molecule has 0 atom stereocenters. The molecule has 2 rings (SSSR count). The molecule has 2 aromatic carbocycles. The van der Waals surface area contributed by atoms with Crippen molar-refractivity contribution < 1.29 is 27.1 Å². The van der Waals surface area contributed by atoms with Crippen LogP contribution < -0.4 is 5.32 Å². The molecule has 134 valence electrons. The third kappa shape index (κ3) is 6.47. The lowest BCUT2D eigenvalue weighted by Gasteiger charge is -2.09. The topological polar surface area (TPSA) is 38.3 Å². The van der Waals surface area contributed by atoms with Crippen LogP contribution in [0.3, 0.4) is 0 Å². The van der Waals surface area contributed by atoms with Crippen molar-refractivity contribution in [3.63, 3.8) is 0 Å². The monoisotopic (exact) mass is 419 g/mol. The minimum absolute atomic E-state index is 0.0773. The lowest BCUT2D eigenvalue weighted by Crippen LogP contribution is -2.23. The van der Waals surface area contributed by atoms with Crippen LogP contribution in [0.25, 0.3) is 0 Å². The fourth-order valence-electron chi connectivity index (χ4n) is 1.99. The lowest BCUT2D eigenvalue weighted by molar-refractivity contribution is -0.176. The summed E-state index contributed by atoms with van der Waals surface area (Å²) in [4.78, 5) is 12.0. The normalized spacial score (nSPS) is 11.4. The van der Waals surface area contributed by atoms with Crippen LogP contribution in [0.4, 0.5) is 17.6 Å². The van der Waals surface area contributed by atoms with Gasteiger partial charge in [-0.25, -0.2) is 4.39 Å². The Morgan fingerprint density at radius 2 is 1.72 bits per heavy atom. The highest BCUT2D eigenvalue weighted by Gasteiger charge is 2.27. The summed E-state index contributed by atoms with van der Waals surface area (Å²) in [5.41, 5.74) is 1.23. The Kier molecular flexibility index (Phi) is 6.55. The van der Waals surface area contributed by atoms with Crippen molar-refractivity contribution in [2.45, 2.75) is 19.3 Å². The van der Waals surface area contributed by atoms with E-state index in [1.54, 1.807) is 24.3 Å². The van der Waals surface area contributed by atoms with Gasteiger partial charge in [-0.1, -0.05) is 40.2 Å². The standard InChI is InChI=1S/C17H14BrF4NO2/c18-13-5-6-15(19)14(7-13)16(24)23-8-11-1-3-12(4-2-11)9-25-10-17(20,21)22/h1-7H,8-10H2,(H,23,24). The van der Waals surface area contributed by atoms with Gasteiger partial charge >= 0.3 is 6.18 Å². The summed E-state index contributed by atoms with van der Waals surface area (Å²) >= 11 is 3.17. The first kappa shape index (κ1) is 19.4. The number of rotatable bonds is 6. The third-order valence-corrected chi connectivity index (χ3v) is 3.68. The van der Waals surface area contributed by atoms with Crippen molar-refractivity contribution in [1.82, 2.24) is 5.32 Å². The molecule has 2 aromatic rings. The molecule has 0 radical (unpaired) electrons. The van der Waals surface area contributed by atoms with Gasteiger partial charge in [-0.15, -0.1) is 0 Å². The van der Waals surface area contributed by atoms with Crippen molar-refractivity contribution in [2.24, 2.45) is 0 Å². The number of halogens is 5. The van der Waals surface area contributed by atoms with Gasteiger partial charge in [-0.2, -0.15) is 13.2 Å². The summed E-state index contributed by atoms with van der Waals surface area (Å²) < 4.78 is 54.8. The zero-order chi connectivity index (χ0) is 18.4. The first-order chi connectivity index (χ1) is 11.7. The quantitative estimate of drug-likeness (QED) is 0.695. The van der Waals surface area contributed by atoms with E-state index in [4.69, 9.17) is 0 Å². The summed E-state index contributed by atoms with van der Waals surface area (Å²) in [5.74, 6) is -1.19. The number of carbonyl (C=O) groups excluding carboxylic acids is 1. The maximum atomic E-state index is 13.6. The van der Waals surface area contributed by atoms with Crippen molar-refractivity contribution >= 4 is 21.8 Å². The zero-order valence-electron chi connectivity index (χ0n) is 12.9. The van der Waals surface area contributed by atoms with Gasteiger partial charge in [0.25, 0.3) is 5.91 Å². The smallest absolute Gasteiger partial charge is 0.367 e. The zero-order valence-corrected chi connectivity index (χ0v) is 14.5. The summed E-state index contributed by atoms with van der Waals surface area (Å²) in [6.45, 7) is -1.30. The van der Waals surface area contributed by atoms with Crippen LogP contribution in [0, 0.1) is 5.82 Å². The van der Waals surface area contributed by atoms with Crippen molar-refractivity contribution in [1.29, 1.82) is 0 Å². The Morgan fingerprint density at radius 3 is 2.36 bits per heavy atom. The Bertz CT molecular complexity index is 732. The van der Waals surface area contributed by atoms with Gasteiger partial charge in [0.1, 0.15) is 12.4 Å². The predicted octanol–water partition coefficient (Wildman–Crippen LogP) is 4.60. The number of amides is 1. The average molecular weight is 420 g/mol. The summed E-state index contributed by atoms with van der Waals surface area (Å²) in [5, 5.41) is 2.59. The van der Waals surface area contributed by atoms with E-state index in [1.165, 1.54) is 18.2 Å². The fraction of sp³-hybridized carbons (Fsp3) is 0.235. The molecular formula is C17H14BrF4NO2. The summed E-state index contributed by atoms with van der Waals surface area (Å²) in [7, 11) is 0. The average Bonchev–Trinajstić information content (AvgIpc) is 2.55. The van der Waals surface area contributed by atoms with E-state index < -0.39 is 24.5 Å². The van der Waals surface area contributed by atoms with Gasteiger partial charge in [0.15, 0.2) is 0 Å². The van der Waals surface area contributed by atoms with Gasteiger partial charge in [-0.3, -0.25) is 4.79 Å². The predicted molar refractivity (Wildman–Crippen MR) is 87.4 cm³/mol. The molecule has 0 aliphatic carbocycles. The number of hydrogen-bond donors (Lipinski definition) is 1. The van der Waals surface area contributed by atoms with Crippen LogP contribution in [0.2, 0.25) is 0 Å². The van der Waals surface area contributed by atoms with Crippen LogP contribution in [0.5, 0.6) is 0 Å². The van der Waals surface area contributed by atoms with Gasteiger partial charge in [0, 0.05) is 11.0 Å². The van der Waals surface area contributed by atoms with E-state index in [0.717, 1.165) is 5.56 Å². The van der Waals surface area contributed by atoms with Crippen LogP contribution in [-0.4, -0.2) is 18.7 Å². The molecule has 3 nitrogen and oxygen atoms in total. The summed E-state index contributed by atoms with van der Waals surface area (Å²) in [6, 6.07) is 10.6. The van der Waals surface area contributed by atoms with E-state index in [2.05, 4.69) is 26.0 Å². The molecule has 1 amide bonds. The second-order valence-corrected chi connectivity index (χ2v) is 6.15. The van der Waals surface area contributed by atoms with E-state index in [9.17, 15) is 22.4 Å². The van der Waals surface area contributed by atoms with Crippen LogP contribution in [0.15, 0.2) is 46.9 Å². The fourth-order valence-corrected chi connectivity index (χ4v) is 2.35. The van der Waals surface area contributed by atoms with Crippen LogP contribution >= 0.6 is 15.9 Å². The van der Waals surface area contributed by atoms with Gasteiger partial charge < -0.3 is 10.1 Å². The van der Waals surface area contributed by atoms with Crippen molar-refractivity contribution in [2.75, 3.05) is 6.61 Å². The van der Waals surface area contributed by atoms with E-state index in [1.807, 2.05) is 0 Å². The van der Waals surface area contributed by atoms with Gasteiger partial charge in [0.2, 0.25) is 0 Å². The van der Waals surface area contributed by atoms with Gasteiger partial charge in [-0.05, 0) is 29.3 Å². The third-order valence-electron chi connectivity index (χ3n) is 3.18. The molecule has 0 unspecified atom stereocenters. The molecule has 25 heavy (non-hydrogen) atoms. The molecule has 0 saturated heterocycles. The molecule has 8 heteroatoms. The number of benzene rings is 2. The molecule has 0 bridgehead atoms. The Hall–Kier alpha value is -1.93. The van der Waals surface area contributed by atoms with Crippen LogP contribution in [-0.2, 0) is 17.9 Å². The molecular weight excluding hydrogens is 406 g/mol. The first-order valence-corrected chi connectivity index (χ1v) is 7.99. The van der Waals surface area contributed by atoms with Crippen molar-refractivity contribution in [3.8, 4) is 0 Å². The second kappa shape index (κ2) is 8.44. The van der Waals surface area contributed by atoms with Crippen LogP contribution in [0.1, 0.15) is 21.5 Å². The molecule has 0 spiro atoms. The number of alkyl halides is 3. The van der Waals surface area contributed by atoms with E-state index >= 15 is 0 Å². The Labute approximate surface area is 150 Å².